The number of ketones is 2. The van der Waals surface area contributed by atoms with Gasteiger partial charge in [-0.2, -0.15) is 0 Å². The number of carbonyl (C=O) groups excluding carboxylic acids is 4. The van der Waals surface area contributed by atoms with Crippen molar-refractivity contribution in [1.29, 1.82) is 0 Å². The number of allylic oxidation sites excluding steroid dienone is 1. The molecule has 7 unspecified atom stereocenters. The maximum atomic E-state index is 14.6. The number of nitrogens with zero attached hydrogens (tertiary/aromatic N) is 2. The molecule has 14 nitrogen and oxygen atoms in total. The Morgan fingerprint density at radius 2 is 1.79 bits per heavy atom. The Morgan fingerprint density at radius 3 is 2.53 bits per heavy atom. The maximum absolute atomic E-state index is 14.6. The Kier molecular flexibility index (Phi) is 10.2. The van der Waals surface area contributed by atoms with Crippen molar-refractivity contribution < 1.29 is 48.0 Å². The predicted octanol–water partition coefficient (Wildman–Crippen LogP) is 5.33. The Hall–Kier alpha value is -5.50. The molecule has 1 saturated heterocycles. The summed E-state index contributed by atoms with van der Waals surface area (Å²) in [5.41, 5.74) is -0.982. The molecule has 1 spiro atoms. The van der Waals surface area contributed by atoms with Crippen LogP contribution in [0.1, 0.15) is 79.9 Å². The van der Waals surface area contributed by atoms with Crippen LogP contribution in [-0.2, 0) is 20.9 Å². The highest BCUT2D eigenvalue weighted by molar-refractivity contribution is 6.35. The van der Waals surface area contributed by atoms with Gasteiger partial charge in [0.15, 0.2) is 28.8 Å². The van der Waals surface area contributed by atoms with Crippen LogP contribution in [0.4, 0.5) is 0 Å². The molecule has 2 aromatic carbocycles. The second kappa shape index (κ2) is 15.0. The summed E-state index contributed by atoms with van der Waals surface area (Å²) >= 11 is 6.67. The van der Waals surface area contributed by atoms with Crippen molar-refractivity contribution >= 4 is 35.0 Å². The molecule has 2 N–H and O–H groups in total. The van der Waals surface area contributed by atoms with E-state index < -0.39 is 46.7 Å². The molecule has 0 radical (unpaired) electrons. The molecule has 1 aliphatic carbocycles. The highest BCUT2D eigenvalue weighted by atomic mass is 35.5. The number of hydrogen-bond acceptors (Lipinski definition) is 11. The molecule has 3 aromatic rings. The zero-order valence-electron chi connectivity index (χ0n) is 33.0. The highest BCUT2D eigenvalue weighted by Crippen LogP contribution is 2.56. The van der Waals surface area contributed by atoms with Crippen molar-refractivity contribution in [1.82, 2.24) is 14.8 Å². The van der Waals surface area contributed by atoms with Crippen LogP contribution in [0.25, 0.3) is 0 Å². The van der Waals surface area contributed by atoms with Gasteiger partial charge < -0.3 is 43.6 Å². The summed E-state index contributed by atoms with van der Waals surface area (Å²) < 4.78 is 30.3. The van der Waals surface area contributed by atoms with E-state index in [1.165, 1.54) is 20.3 Å². The van der Waals surface area contributed by atoms with Gasteiger partial charge in [0.2, 0.25) is 30.0 Å². The number of likely N-dealkylation sites (tertiary alicyclic amines) is 1. The zero-order valence-corrected chi connectivity index (χ0v) is 33.7. The fourth-order valence-corrected chi connectivity index (χ4v) is 9.69. The van der Waals surface area contributed by atoms with Gasteiger partial charge in [-0.3, -0.25) is 24.0 Å². The van der Waals surface area contributed by atoms with E-state index in [1.54, 1.807) is 46.7 Å². The summed E-state index contributed by atoms with van der Waals surface area (Å²) in [6.07, 6.45) is 0.861. The van der Waals surface area contributed by atoms with Crippen molar-refractivity contribution in [2.45, 2.75) is 76.5 Å². The molecule has 5 heterocycles. The maximum Gasteiger partial charge on any atom is 0.250 e. The quantitative estimate of drug-likeness (QED) is 0.271. The van der Waals surface area contributed by atoms with Gasteiger partial charge in [-0.1, -0.05) is 50.9 Å². The number of nitrogens with one attached hydrogen (secondary N) is 1. The fourth-order valence-electron chi connectivity index (χ4n) is 9.43. The molecule has 1 aromatic heterocycles. The van der Waals surface area contributed by atoms with E-state index >= 15 is 0 Å². The molecular weight excluding hydrogens is 770 g/mol. The molecule has 0 saturated carbocycles. The number of rotatable bonds is 10. The van der Waals surface area contributed by atoms with Gasteiger partial charge in [0, 0.05) is 73.6 Å². The number of carbonyl (C=O) groups is 4. The van der Waals surface area contributed by atoms with E-state index in [9.17, 15) is 29.1 Å². The van der Waals surface area contributed by atoms with Crippen molar-refractivity contribution in [3.8, 4) is 28.7 Å². The van der Waals surface area contributed by atoms with Crippen LogP contribution < -0.4 is 34.6 Å². The second-order valence-electron chi connectivity index (χ2n) is 16.0. The van der Waals surface area contributed by atoms with E-state index in [2.05, 4.69) is 5.32 Å². The Labute approximate surface area is 340 Å². The minimum absolute atomic E-state index is 0.00918. The van der Waals surface area contributed by atoms with Crippen LogP contribution in [0, 0.1) is 17.8 Å². The zero-order chi connectivity index (χ0) is 41.2. The largest absolute Gasteiger partial charge is 0.507 e. The lowest BCUT2D eigenvalue weighted by Crippen LogP contribution is -2.56. The summed E-state index contributed by atoms with van der Waals surface area (Å²) in [6, 6.07) is 10.8. The molecule has 8 rings (SSSR count). The molecule has 306 valence electrons. The van der Waals surface area contributed by atoms with Gasteiger partial charge >= 0.3 is 0 Å². The summed E-state index contributed by atoms with van der Waals surface area (Å²) in [4.78, 5) is 72.1. The first-order valence-electron chi connectivity index (χ1n) is 19.6. The number of aliphatic hydroxyl groups excluding tert-OH is 1. The number of amides is 2. The van der Waals surface area contributed by atoms with E-state index in [-0.39, 0.29) is 82.3 Å². The average molecular weight is 816 g/mol. The van der Waals surface area contributed by atoms with Crippen molar-refractivity contribution in [3.63, 3.8) is 0 Å². The summed E-state index contributed by atoms with van der Waals surface area (Å²) in [7, 11) is 2.78. The van der Waals surface area contributed by atoms with E-state index in [0.717, 1.165) is 12.1 Å². The fraction of sp³-hybridized carbons (Fsp3) is 0.465. The Bertz CT molecular complexity index is 2320. The lowest BCUT2D eigenvalue weighted by atomic mass is 9.69. The lowest BCUT2D eigenvalue weighted by molar-refractivity contribution is -0.140. The highest BCUT2D eigenvalue weighted by Gasteiger charge is 2.61. The van der Waals surface area contributed by atoms with Crippen molar-refractivity contribution in [3.05, 3.63) is 86.0 Å². The van der Waals surface area contributed by atoms with Crippen LogP contribution in [0.3, 0.4) is 0 Å². The summed E-state index contributed by atoms with van der Waals surface area (Å²) in [5, 5.41) is 15.4. The number of Topliss-reactive ketones (excluding diaryl/α,β-unsaturated/α-hetero) is 2. The number of hydrogen-bond donors (Lipinski definition) is 2. The van der Waals surface area contributed by atoms with Crippen molar-refractivity contribution in [2.24, 2.45) is 17.8 Å². The Balaban J connectivity index is 1.14. The van der Waals surface area contributed by atoms with E-state index in [0.29, 0.717) is 43.1 Å². The van der Waals surface area contributed by atoms with Gasteiger partial charge in [-0.15, -0.1) is 0 Å². The number of ether oxygens (including phenoxy) is 5. The smallest absolute Gasteiger partial charge is 0.250 e. The number of pyridine rings is 1. The molecular formula is C43H46ClN3O11. The number of aromatic nitrogens is 1. The van der Waals surface area contributed by atoms with Gasteiger partial charge in [0.05, 0.1) is 14.2 Å². The first-order chi connectivity index (χ1) is 27.8. The molecule has 2 bridgehead atoms. The van der Waals surface area contributed by atoms with Gasteiger partial charge in [0.25, 0.3) is 5.56 Å². The van der Waals surface area contributed by atoms with Gasteiger partial charge in [0.1, 0.15) is 28.1 Å². The van der Waals surface area contributed by atoms with Gasteiger partial charge in [-0.05, 0) is 42.0 Å². The second-order valence-corrected chi connectivity index (χ2v) is 16.4. The standard InChI is InChI=1S/C43H46ClN3O11/c1-6-21(2)38(42(53)46-17-23-13-25(19-46)27-8-7-9-34(50)47(27)18-23)45-33(49)15-26(24-10-11-29-30(14-24)57-20-56-29)35-28(48)12-22(3)43(40(35)51)41(52)36-31(54-4)16-32(55-5)37(44)39(36)58-43/h7-11,14,16,21-23,25-26,38,51H,6,12-13,15,17-20H2,1-5H3,(H,45,49). The molecule has 1 fully saturated rings. The van der Waals surface area contributed by atoms with Gasteiger partial charge in [-0.25, -0.2) is 0 Å². The number of aliphatic hydroxyl groups is 1. The number of fused-ring (bicyclic) bond motifs is 6. The molecule has 5 aliphatic rings. The summed E-state index contributed by atoms with van der Waals surface area (Å²) in [5.74, 6) is -3.64. The molecule has 15 heteroatoms. The third kappa shape index (κ3) is 6.27. The molecule has 2 amide bonds. The third-order valence-corrected chi connectivity index (χ3v) is 13.0. The minimum atomic E-state index is -2.08. The van der Waals surface area contributed by atoms with E-state index in [4.69, 9.17) is 35.3 Å². The Morgan fingerprint density at radius 1 is 1.03 bits per heavy atom. The number of halogens is 1. The minimum Gasteiger partial charge on any atom is -0.507 e. The first kappa shape index (κ1) is 39.3. The number of benzene rings is 2. The van der Waals surface area contributed by atoms with Crippen LogP contribution in [0.2, 0.25) is 5.02 Å². The number of methoxy groups -OCH3 is 2. The lowest BCUT2D eigenvalue weighted by Gasteiger charge is -2.44. The SMILES string of the molecule is CCC(C)C(NC(=O)CC(C1=C(O)C2(Oc3c(Cl)c(OC)cc(OC)c3C2=O)C(C)CC1=O)c1ccc2c(c1)OCO2)C(=O)N1CC2CC(C1)c1cccc(=O)n1C2. The first-order valence-corrected chi connectivity index (χ1v) is 20.0. The van der Waals surface area contributed by atoms with Crippen LogP contribution in [-0.4, -0.2) is 83.7 Å². The van der Waals surface area contributed by atoms with Crippen LogP contribution in [0.5, 0.6) is 28.7 Å². The monoisotopic (exact) mass is 815 g/mol. The topological polar surface area (TPSA) is 172 Å². The molecule has 7 atom stereocenters. The van der Waals surface area contributed by atoms with E-state index in [1.807, 2.05) is 19.9 Å². The average Bonchev–Trinajstić information content (AvgIpc) is 3.82. The van der Waals surface area contributed by atoms with Crippen molar-refractivity contribution in [2.75, 3.05) is 34.1 Å². The third-order valence-electron chi connectivity index (χ3n) is 12.6. The molecule has 4 aliphatic heterocycles. The summed E-state index contributed by atoms with van der Waals surface area (Å²) in [6.45, 7) is 6.82. The molecule has 58 heavy (non-hydrogen) atoms. The van der Waals surface area contributed by atoms with Crippen LogP contribution in [0.15, 0.2) is 58.6 Å². The van der Waals surface area contributed by atoms with Crippen LogP contribution >= 0.6 is 11.6 Å². The number of piperidine rings is 1. The normalized spacial score (nSPS) is 24.4. The predicted molar refractivity (Wildman–Crippen MR) is 210 cm³/mol.